The summed E-state index contributed by atoms with van der Waals surface area (Å²) in [5.41, 5.74) is 0.852. The summed E-state index contributed by atoms with van der Waals surface area (Å²) < 4.78 is 18.4. The molecule has 20 heavy (non-hydrogen) atoms. The quantitative estimate of drug-likeness (QED) is 0.859. The Morgan fingerprint density at radius 3 is 3.05 bits per heavy atom. The fraction of sp³-hybridized carbons (Fsp3) is 0.533. The molecule has 1 fully saturated rings. The lowest BCUT2D eigenvalue weighted by Gasteiger charge is -2.21. The summed E-state index contributed by atoms with van der Waals surface area (Å²) in [6.07, 6.45) is 2.60. The third-order valence-electron chi connectivity index (χ3n) is 3.60. The number of amides is 1. The van der Waals surface area contributed by atoms with Crippen LogP contribution in [0.15, 0.2) is 18.2 Å². The van der Waals surface area contributed by atoms with Gasteiger partial charge in [-0.25, -0.2) is 4.39 Å². The smallest absolute Gasteiger partial charge is 0.224 e. The van der Waals surface area contributed by atoms with E-state index in [1.807, 2.05) is 6.07 Å². The Morgan fingerprint density at radius 1 is 1.55 bits per heavy atom. The molecule has 0 radical (unpaired) electrons. The van der Waals surface area contributed by atoms with E-state index in [-0.39, 0.29) is 23.4 Å². The van der Waals surface area contributed by atoms with Crippen molar-refractivity contribution in [2.45, 2.75) is 19.3 Å². The van der Waals surface area contributed by atoms with E-state index in [2.05, 4.69) is 10.6 Å². The Morgan fingerprint density at radius 2 is 2.40 bits per heavy atom. The topological polar surface area (TPSA) is 50.4 Å². The van der Waals surface area contributed by atoms with Gasteiger partial charge in [0.25, 0.3) is 0 Å². The number of benzene rings is 1. The molecule has 0 spiro atoms. The molecule has 0 aliphatic carbocycles. The molecule has 0 bridgehead atoms. The molecule has 1 aromatic rings. The van der Waals surface area contributed by atoms with Gasteiger partial charge in [-0.1, -0.05) is 6.07 Å². The van der Waals surface area contributed by atoms with Gasteiger partial charge in [-0.3, -0.25) is 4.79 Å². The van der Waals surface area contributed by atoms with Gasteiger partial charge >= 0.3 is 0 Å². The van der Waals surface area contributed by atoms with Crippen molar-refractivity contribution >= 4 is 5.91 Å². The van der Waals surface area contributed by atoms with E-state index in [9.17, 15) is 9.18 Å². The maximum atomic E-state index is 13.5. The minimum atomic E-state index is -0.368. The molecule has 0 saturated carbocycles. The first-order valence-corrected chi connectivity index (χ1v) is 7.01. The highest BCUT2D eigenvalue weighted by Crippen LogP contribution is 2.17. The highest BCUT2D eigenvalue weighted by molar-refractivity contribution is 5.78. The van der Waals surface area contributed by atoms with Crippen LogP contribution in [0, 0.1) is 11.7 Å². The first-order chi connectivity index (χ1) is 9.70. The largest absolute Gasteiger partial charge is 0.494 e. The van der Waals surface area contributed by atoms with Crippen LogP contribution in [0.5, 0.6) is 5.75 Å². The van der Waals surface area contributed by atoms with Gasteiger partial charge in [0, 0.05) is 13.1 Å². The summed E-state index contributed by atoms with van der Waals surface area (Å²) in [5, 5.41) is 6.14. The molecule has 2 N–H and O–H groups in total. The standard InChI is InChI=1S/C15H21FN2O2/c1-20-14-5-4-11(9-13(14)16)6-8-18-15(19)12-3-2-7-17-10-12/h4-5,9,12,17H,2-3,6-8,10H2,1H3,(H,18,19). The summed E-state index contributed by atoms with van der Waals surface area (Å²) in [6, 6.07) is 4.88. The van der Waals surface area contributed by atoms with E-state index in [1.165, 1.54) is 13.2 Å². The van der Waals surface area contributed by atoms with Gasteiger partial charge < -0.3 is 15.4 Å². The zero-order valence-corrected chi connectivity index (χ0v) is 11.7. The van der Waals surface area contributed by atoms with E-state index in [0.717, 1.165) is 31.5 Å². The second kappa shape index (κ2) is 7.24. The minimum Gasteiger partial charge on any atom is -0.494 e. The van der Waals surface area contributed by atoms with Crippen LogP contribution in [0.1, 0.15) is 18.4 Å². The summed E-state index contributed by atoms with van der Waals surface area (Å²) in [4.78, 5) is 11.9. The first-order valence-electron chi connectivity index (χ1n) is 7.01. The molecular formula is C15H21FN2O2. The number of carbonyl (C=O) groups is 1. The predicted octanol–water partition coefficient (Wildman–Crippen LogP) is 1.49. The van der Waals surface area contributed by atoms with Gasteiger partial charge in [-0.15, -0.1) is 0 Å². The number of hydrogen-bond donors (Lipinski definition) is 2. The van der Waals surface area contributed by atoms with Crippen LogP contribution in [-0.4, -0.2) is 32.7 Å². The number of rotatable bonds is 5. The molecule has 1 atom stereocenters. The predicted molar refractivity (Wildman–Crippen MR) is 75.3 cm³/mol. The number of hydrogen-bond acceptors (Lipinski definition) is 3. The van der Waals surface area contributed by atoms with Crippen molar-refractivity contribution in [3.63, 3.8) is 0 Å². The van der Waals surface area contributed by atoms with E-state index in [1.54, 1.807) is 6.07 Å². The molecule has 1 unspecified atom stereocenters. The fourth-order valence-electron chi connectivity index (χ4n) is 2.42. The number of ether oxygens (including phenoxy) is 1. The van der Waals surface area contributed by atoms with Crippen molar-refractivity contribution in [1.82, 2.24) is 10.6 Å². The lowest BCUT2D eigenvalue weighted by Crippen LogP contribution is -2.41. The van der Waals surface area contributed by atoms with Gasteiger partial charge in [0.05, 0.1) is 13.0 Å². The Balaban J connectivity index is 1.77. The van der Waals surface area contributed by atoms with Gasteiger partial charge in [-0.05, 0) is 43.5 Å². The van der Waals surface area contributed by atoms with E-state index < -0.39 is 0 Å². The Kier molecular flexibility index (Phi) is 5.35. The molecule has 1 saturated heterocycles. The third-order valence-corrected chi connectivity index (χ3v) is 3.60. The number of piperidine rings is 1. The van der Waals surface area contributed by atoms with Gasteiger partial charge in [-0.2, -0.15) is 0 Å². The fourth-order valence-corrected chi connectivity index (χ4v) is 2.42. The summed E-state index contributed by atoms with van der Waals surface area (Å²) in [6.45, 7) is 2.28. The molecule has 5 heteroatoms. The van der Waals surface area contributed by atoms with Crippen molar-refractivity contribution in [2.24, 2.45) is 5.92 Å². The number of nitrogens with one attached hydrogen (secondary N) is 2. The van der Waals surface area contributed by atoms with Crippen molar-refractivity contribution < 1.29 is 13.9 Å². The Labute approximate surface area is 118 Å². The first kappa shape index (κ1) is 14.8. The molecule has 1 heterocycles. The van der Waals surface area contributed by atoms with Crippen molar-refractivity contribution in [2.75, 3.05) is 26.7 Å². The van der Waals surface area contributed by atoms with E-state index in [0.29, 0.717) is 13.0 Å². The van der Waals surface area contributed by atoms with Crippen LogP contribution in [-0.2, 0) is 11.2 Å². The van der Waals surface area contributed by atoms with Gasteiger partial charge in [0.2, 0.25) is 5.91 Å². The molecule has 110 valence electrons. The third kappa shape index (κ3) is 3.93. The van der Waals surface area contributed by atoms with Crippen LogP contribution in [0.2, 0.25) is 0 Å². The average Bonchev–Trinajstić information content (AvgIpc) is 2.48. The van der Waals surface area contributed by atoms with E-state index >= 15 is 0 Å². The lowest BCUT2D eigenvalue weighted by atomic mass is 9.99. The van der Waals surface area contributed by atoms with Crippen LogP contribution < -0.4 is 15.4 Å². The van der Waals surface area contributed by atoms with Crippen molar-refractivity contribution in [1.29, 1.82) is 0 Å². The number of halogens is 1. The number of methoxy groups -OCH3 is 1. The molecule has 1 aliphatic heterocycles. The molecule has 2 rings (SSSR count). The summed E-state index contributed by atoms with van der Waals surface area (Å²) in [7, 11) is 1.44. The molecule has 1 aromatic carbocycles. The molecule has 0 aromatic heterocycles. The van der Waals surface area contributed by atoms with Crippen LogP contribution in [0.25, 0.3) is 0 Å². The normalized spacial score (nSPS) is 18.6. The van der Waals surface area contributed by atoms with E-state index in [4.69, 9.17) is 4.74 Å². The summed E-state index contributed by atoms with van der Waals surface area (Å²) in [5.74, 6) is 0.0291. The summed E-state index contributed by atoms with van der Waals surface area (Å²) >= 11 is 0. The minimum absolute atomic E-state index is 0.0661. The second-order valence-corrected chi connectivity index (χ2v) is 5.05. The lowest BCUT2D eigenvalue weighted by molar-refractivity contribution is -0.125. The number of carbonyl (C=O) groups excluding carboxylic acids is 1. The zero-order chi connectivity index (χ0) is 14.4. The molecule has 1 amide bonds. The maximum Gasteiger partial charge on any atom is 0.224 e. The van der Waals surface area contributed by atoms with Crippen molar-refractivity contribution in [3.05, 3.63) is 29.6 Å². The monoisotopic (exact) mass is 280 g/mol. The highest BCUT2D eigenvalue weighted by atomic mass is 19.1. The Hall–Kier alpha value is -1.62. The highest BCUT2D eigenvalue weighted by Gasteiger charge is 2.20. The van der Waals surface area contributed by atoms with Gasteiger partial charge in [0.15, 0.2) is 11.6 Å². The molecule has 1 aliphatic rings. The van der Waals surface area contributed by atoms with Gasteiger partial charge in [0.1, 0.15) is 0 Å². The molecule has 4 nitrogen and oxygen atoms in total. The maximum absolute atomic E-state index is 13.5. The SMILES string of the molecule is COc1ccc(CCNC(=O)C2CCCNC2)cc1F. The van der Waals surface area contributed by atoms with Crippen LogP contribution >= 0.6 is 0 Å². The van der Waals surface area contributed by atoms with Crippen LogP contribution in [0.4, 0.5) is 4.39 Å². The van der Waals surface area contributed by atoms with Crippen molar-refractivity contribution in [3.8, 4) is 5.75 Å². The average molecular weight is 280 g/mol. The van der Waals surface area contributed by atoms with Crippen LogP contribution in [0.3, 0.4) is 0 Å². The Bertz CT molecular complexity index is 459. The second-order valence-electron chi connectivity index (χ2n) is 5.05. The molecular weight excluding hydrogens is 259 g/mol. The zero-order valence-electron chi connectivity index (χ0n) is 11.7.